The largest absolute Gasteiger partial charge is 0.458 e. The van der Waals surface area contributed by atoms with Crippen LogP contribution < -0.4 is 9.30 Å². The highest BCUT2D eigenvalue weighted by Crippen LogP contribution is 2.39. The third-order valence-electron chi connectivity index (χ3n) is 13.2. The molecule has 5 nitrogen and oxygen atoms in total. The summed E-state index contributed by atoms with van der Waals surface area (Å²) in [7, 11) is 0. The van der Waals surface area contributed by atoms with E-state index >= 15 is 0 Å². The van der Waals surface area contributed by atoms with E-state index in [-0.39, 0.29) is 16.2 Å². The van der Waals surface area contributed by atoms with Crippen LogP contribution in [0.4, 0.5) is 0 Å². The molecule has 0 atom stereocenters. The van der Waals surface area contributed by atoms with Crippen molar-refractivity contribution in [3.63, 3.8) is 0 Å². The van der Waals surface area contributed by atoms with Crippen LogP contribution in [0.2, 0.25) is 0 Å². The summed E-state index contributed by atoms with van der Waals surface area (Å²) in [6.07, 6.45) is 7.88. The molecule has 0 saturated heterocycles. The smallest absolute Gasteiger partial charge is 0.269 e. The monoisotopic (exact) mass is 846 g/mol. The molecule has 10 rings (SSSR count). The van der Waals surface area contributed by atoms with Crippen LogP contribution in [0.3, 0.4) is 0 Å². The van der Waals surface area contributed by atoms with E-state index in [4.69, 9.17) is 9.72 Å². The van der Waals surface area contributed by atoms with Crippen molar-refractivity contribution in [2.24, 2.45) is 0 Å². The normalized spacial score (nSPS) is 12.2. The Morgan fingerprint density at radius 2 is 1.09 bits per heavy atom. The Hall–Kier alpha value is -7.50. The van der Waals surface area contributed by atoms with Crippen LogP contribution >= 0.6 is 0 Å². The van der Waals surface area contributed by atoms with Gasteiger partial charge in [0.25, 0.3) is 6.33 Å². The number of hydrogen-bond donors (Lipinski definition) is 0. The van der Waals surface area contributed by atoms with E-state index in [1.807, 2.05) is 6.20 Å². The van der Waals surface area contributed by atoms with Crippen LogP contribution in [0.5, 0.6) is 11.5 Å². The van der Waals surface area contributed by atoms with Crippen molar-refractivity contribution in [1.29, 1.82) is 0 Å². The Kier molecular flexibility index (Phi) is 10.4. The number of hydrogen-bond acceptors (Lipinski definition) is 2. The quantitative estimate of drug-likeness (QED) is 0.102. The molecule has 65 heavy (non-hydrogen) atoms. The maximum Gasteiger partial charge on any atom is 0.269 e. The molecule has 0 aliphatic rings. The molecule has 0 aliphatic carbocycles. The van der Waals surface area contributed by atoms with Gasteiger partial charge in [-0.25, -0.2) is 4.98 Å². The zero-order valence-electron chi connectivity index (χ0n) is 38.2. The number of rotatable bonds is 10. The molecule has 0 radical (unpaired) electrons. The summed E-state index contributed by atoms with van der Waals surface area (Å²) < 4.78 is 13.5. The first-order valence-electron chi connectivity index (χ1n) is 22.5. The van der Waals surface area contributed by atoms with E-state index in [0.717, 1.165) is 67.3 Å². The molecule has 3 heterocycles. The molecule has 320 valence electrons. The second-order valence-corrected chi connectivity index (χ2v) is 19.2. The van der Waals surface area contributed by atoms with Gasteiger partial charge in [-0.15, -0.1) is 0 Å². The average molecular weight is 847 g/mol. The first kappa shape index (κ1) is 41.5. The molecule has 0 bridgehead atoms. The summed E-state index contributed by atoms with van der Waals surface area (Å²) in [6, 6.07) is 66.6. The maximum absolute atomic E-state index is 6.96. The van der Waals surface area contributed by atoms with Crippen LogP contribution in [0.25, 0.3) is 50.1 Å². The Labute approximate surface area is 382 Å². The first-order chi connectivity index (χ1) is 31.3. The van der Waals surface area contributed by atoms with Crippen molar-refractivity contribution < 1.29 is 9.30 Å². The van der Waals surface area contributed by atoms with Crippen LogP contribution in [0.1, 0.15) is 76.4 Å². The third-order valence-corrected chi connectivity index (χ3v) is 13.2. The highest BCUT2D eigenvalue weighted by Gasteiger charge is 2.27. The van der Waals surface area contributed by atoms with Gasteiger partial charge in [0.05, 0.1) is 28.1 Å². The number of para-hydroxylation sites is 1. The highest BCUT2D eigenvalue weighted by atomic mass is 16.5. The van der Waals surface area contributed by atoms with Gasteiger partial charge in [0.15, 0.2) is 0 Å². The lowest BCUT2D eigenvalue weighted by Gasteiger charge is -2.26. The van der Waals surface area contributed by atoms with Crippen molar-refractivity contribution in [2.45, 2.75) is 64.7 Å². The topological polar surface area (TPSA) is 35.9 Å². The third kappa shape index (κ3) is 7.82. The van der Waals surface area contributed by atoms with Crippen LogP contribution in [0, 0.1) is 6.33 Å². The number of pyridine rings is 1. The fourth-order valence-corrected chi connectivity index (χ4v) is 9.21. The fourth-order valence-electron chi connectivity index (χ4n) is 9.21. The molecule has 0 N–H and O–H groups in total. The van der Waals surface area contributed by atoms with Crippen LogP contribution in [-0.4, -0.2) is 14.1 Å². The molecular weight excluding hydrogens is 793 g/mol. The second kappa shape index (κ2) is 16.2. The summed E-state index contributed by atoms with van der Waals surface area (Å²) in [4.78, 5) is 4.99. The predicted octanol–water partition coefficient (Wildman–Crippen LogP) is 14.5. The van der Waals surface area contributed by atoms with Gasteiger partial charge in [-0.05, 0) is 99.5 Å². The van der Waals surface area contributed by atoms with Gasteiger partial charge >= 0.3 is 0 Å². The number of benzene rings is 7. The van der Waals surface area contributed by atoms with E-state index in [9.17, 15) is 0 Å². The van der Waals surface area contributed by atoms with Crippen molar-refractivity contribution in [3.8, 4) is 39.8 Å². The summed E-state index contributed by atoms with van der Waals surface area (Å²) in [5.41, 5.74) is 11.9. The van der Waals surface area contributed by atoms with Gasteiger partial charge in [-0.3, -0.25) is 13.7 Å². The number of nitrogens with zero attached hydrogens (tertiary/aromatic N) is 4. The lowest BCUT2D eigenvalue weighted by molar-refractivity contribution is -0.599. The minimum absolute atomic E-state index is 0.131. The molecule has 0 spiro atoms. The SMILES string of the molecule is CC(C)(C)c1c[n+](-c2ccc(C(C)(C)c3ccccc3)cc2)[c-]n1-c1cc(Oc2ccc3c4ccccc4n(-c4cc(C(C)(C)c5ccccc5)ccn4)c3c2)cc(-c2ccccc2)c1. The Balaban J connectivity index is 1.06. The van der Waals surface area contributed by atoms with Gasteiger partial charge in [0.1, 0.15) is 17.3 Å². The molecule has 10 aromatic rings. The van der Waals surface area contributed by atoms with Gasteiger partial charge in [-0.1, -0.05) is 170 Å². The lowest BCUT2D eigenvalue weighted by Crippen LogP contribution is -2.29. The van der Waals surface area contributed by atoms with E-state index in [1.165, 1.54) is 22.3 Å². The van der Waals surface area contributed by atoms with E-state index in [0.29, 0.717) is 0 Å². The fraction of sp³-hybridized carbons (Fsp3) is 0.167. The molecule has 0 unspecified atom stereocenters. The molecule has 0 saturated carbocycles. The zero-order valence-corrected chi connectivity index (χ0v) is 38.2. The van der Waals surface area contributed by atoms with Gasteiger partial charge in [0, 0.05) is 40.1 Å². The average Bonchev–Trinajstić information content (AvgIpc) is 3.93. The van der Waals surface area contributed by atoms with Gasteiger partial charge in [-0.2, -0.15) is 0 Å². The minimum atomic E-state index is -0.221. The van der Waals surface area contributed by atoms with Crippen molar-refractivity contribution in [1.82, 2.24) is 14.1 Å². The minimum Gasteiger partial charge on any atom is -0.458 e. The van der Waals surface area contributed by atoms with Crippen molar-refractivity contribution in [2.75, 3.05) is 0 Å². The molecule has 3 aromatic heterocycles. The molecule has 0 amide bonds. The highest BCUT2D eigenvalue weighted by molar-refractivity contribution is 6.09. The summed E-state index contributed by atoms with van der Waals surface area (Å²) >= 11 is 0. The molecular formula is C60H54N4O. The number of aromatic nitrogens is 4. The van der Waals surface area contributed by atoms with E-state index in [1.54, 1.807) is 0 Å². The molecule has 0 fully saturated rings. The number of fused-ring (bicyclic) bond motifs is 3. The van der Waals surface area contributed by atoms with E-state index in [2.05, 4.69) is 263 Å². The van der Waals surface area contributed by atoms with Crippen molar-refractivity contribution >= 4 is 21.8 Å². The van der Waals surface area contributed by atoms with Crippen molar-refractivity contribution in [3.05, 3.63) is 235 Å². The Morgan fingerprint density at radius 1 is 0.492 bits per heavy atom. The van der Waals surface area contributed by atoms with Crippen LogP contribution in [0.15, 0.2) is 200 Å². The lowest BCUT2D eigenvalue weighted by atomic mass is 9.78. The predicted molar refractivity (Wildman–Crippen MR) is 266 cm³/mol. The summed E-state index contributed by atoms with van der Waals surface area (Å²) in [5, 5.41) is 2.30. The van der Waals surface area contributed by atoms with Crippen LogP contribution in [-0.2, 0) is 16.2 Å². The standard InChI is InChI=1S/C60H54N4O/c1-58(2,3)56-40-62(48-29-27-46(28-30-48)59(4,5)44-21-13-9-14-22-44)41-63(56)49-35-43(42-19-11-8-12-20-42)36-51(38-49)65-50-31-32-53-52-25-17-18-26-54(52)64(55(53)39-50)57-37-47(33-34-61-57)60(6,7)45-23-15-10-16-24-45/h8-40H,1-7H3. The van der Waals surface area contributed by atoms with Gasteiger partial charge < -0.3 is 4.74 Å². The Morgan fingerprint density at radius 3 is 1.77 bits per heavy atom. The molecule has 5 heteroatoms. The second-order valence-electron chi connectivity index (χ2n) is 19.2. The Bertz CT molecular complexity index is 3300. The number of imidazole rings is 1. The summed E-state index contributed by atoms with van der Waals surface area (Å²) in [6.45, 7) is 15.9. The molecule has 7 aromatic carbocycles. The number of ether oxygens (including phenoxy) is 1. The maximum atomic E-state index is 6.96. The van der Waals surface area contributed by atoms with Gasteiger partial charge in [0.2, 0.25) is 0 Å². The van der Waals surface area contributed by atoms with E-state index < -0.39 is 0 Å². The first-order valence-corrected chi connectivity index (χ1v) is 22.5. The zero-order chi connectivity index (χ0) is 44.9. The molecule has 0 aliphatic heterocycles. The summed E-state index contributed by atoms with van der Waals surface area (Å²) in [5.74, 6) is 2.33.